The number of benzene rings is 2. The molecule has 0 aliphatic carbocycles. The van der Waals surface area contributed by atoms with E-state index in [1.54, 1.807) is 0 Å². The number of unbranched alkanes of at least 4 members (excludes halogenated alkanes) is 1. The molecule has 0 amide bonds. The Morgan fingerprint density at radius 3 is 2.25 bits per heavy atom. The van der Waals surface area contributed by atoms with Gasteiger partial charge in [-0.25, -0.2) is 0 Å². The van der Waals surface area contributed by atoms with E-state index in [1.165, 1.54) is 33.6 Å². The maximum Gasteiger partial charge on any atom is 0.162 e. The molecular weight excluding hydrogens is 264 g/mol. The minimum atomic E-state index is 0.352. The van der Waals surface area contributed by atoms with E-state index in [4.69, 9.17) is 4.74 Å². The molecule has 0 heterocycles. The van der Waals surface area contributed by atoms with Crippen molar-refractivity contribution in [1.82, 2.24) is 0 Å². The SMILES string of the molecule is CCCCOc1ccc([S+](CC)CC)c2ccccc12. The molecule has 0 atom stereocenters. The van der Waals surface area contributed by atoms with Gasteiger partial charge in [0.15, 0.2) is 4.90 Å². The van der Waals surface area contributed by atoms with Crippen LogP contribution in [-0.4, -0.2) is 18.1 Å². The first-order valence-corrected chi connectivity index (χ1v) is 9.20. The van der Waals surface area contributed by atoms with Gasteiger partial charge in [-0.05, 0) is 38.5 Å². The zero-order valence-electron chi connectivity index (χ0n) is 12.8. The lowest BCUT2D eigenvalue weighted by atomic mass is 10.1. The minimum absolute atomic E-state index is 0.352. The maximum atomic E-state index is 5.96. The van der Waals surface area contributed by atoms with Crippen LogP contribution in [0.25, 0.3) is 10.8 Å². The van der Waals surface area contributed by atoms with Crippen LogP contribution in [0.1, 0.15) is 33.6 Å². The topological polar surface area (TPSA) is 9.23 Å². The molecule has 2 aromatic carbocycles. The van der Waals surface area contributed by atoms with Crippen molar-refractivity contribution in [1.29, 1.82) is 0 Å². The average Bonchev–Trinajstić information content (AvgIpc) is 2.50. The Balaban J connectivity index is 2.41. The first-order valence-electron chi connectivity index (χ1n) is 7.63. The standard InChI is InChI=1S/C18H25OS/c1-4-7-14-19-17-12-13-18(20(5-2)6-3)16-11-9-8-10-15(16)17/h8-13H,4-7,14H2,1-3H3/q+1. The van der Waals surface area contributed by atoms with Gasteiger partial charge in [0, 0.05) is 21.7 Å². The lowest BCUT2D eigenvalue weighted by Gasteiger charge is -2.12. The highest BCUT2D eigenvalue weighted by Crippen LogP contribution is 2.32. The van der Waals surface area contributed by atoms with Crippen LogP contribution in [0.15, 0.2) is 41.3 Å². The van der Waals surface area contributed by atoms with E-state index in [-0.39, 0.29) is 0 Å². The molecular formula is C18H25OS+. The molecule has 1 nitrogen and oxygen atoms in total. The van der Waals surface area contributed by atoms with Crippen molar-refractivity contribution in [3.05, 3.63) is 36.4 Å². The van der Waals surface area contributed by atoms with E-state index in [2.05, 4.69) is 57.2 Å². The molecule has 0 N–H and O–H groups in total. The predicted molar refractivity (Wildman–Crippen MR) is 91.1 cm³/mol. The summed E-state index contributed by atoms with van der Waals surface area (Å²) < 4.78 is 5.96. The van der Waals surface area contributed by atoms with Gasteiger partial charge in [0.25, 0.3) is 0 Å². The van der Waals surface area contributed by atoms with E-state index in [9.17, 15) is 0 Å². The van der Waals surface area contributed by atoms with E-state index < -0.39 is 0 Å². The molecule has 0 saturated heterocycles. The van der Waals surface area contributed by atoms with Crippen molar-refractivity contribution in [3.63, 3.8) is 0 Å². The smallest absolute Gasteiger partial charge is 0.162 e. The molecule has 20 heavy (non-hydrogen) atoms. The summed E-state index contributed by atoms with van der Waals surface area (Å²) in [4.78, 5) is 1.49. The Hall–Kier alpha value is -1.15. The highest BCUT2D eigenvalue weighted by atomic mass is 32.2. The second-order valence-electron chi connectivity index (χ2n) is 4.88. The summed E-state index contributed by atoms with van der Waals surface area (Å²) in [6, 6.07) is 13.1. The molecule has 2 rings (SSSR count). The zero-order valence-corrected chi connectivity index (χ0v) is 13.6. The monoisotopic (exact) mass is 289 g/mol. The summed E-state index contributed by atoms with van der Waals surface area (Å²) in [6.45, 7) is 7.58. The third-order valence-electron chi connectivity index (χ3n) is 3.61. The number of hydrogen-bond donors (Lipinski definition) is 0. The van der Waals surface area contributed by atoms with Crippen molar-refractivity contribution >= 4 is 21.7 Å². The average molecular weight is 289 g/mol. The number of fused-ring (bicyclic) bond motifs is 1. The van der Waals surface area contributed by atoms with Gasteiger partial charge in [-0.15, -0.1) is 0 Å². The molecule has 108 valence electrons. The summed E-state index contributed by atoms with van der Waals surface area (Å²) in [6.07, 6.45) is 2.29. The highest BCUT2D eigenvalue weighted by molar-refractivity contribution is 7.97. The van der Waals surface area contributed by atoms with Crippen molar-refractivity contribution < 1.29 is 4.74 Å². The maximum absolute atomic E-state index is 5.96. The second-order valence-corrected chi connectivity index (χ2v) is 7.46. The number of rotatable bonds is 7. The van der Waals surface area contributed by atoms with Gasteiger partial charge >= 0.3 is 0 Å². The van der Waals surface area contributed by atoms with E-state index in [0.717, 1.165) is 18.8 Å². The minimum Gasteiger partial charge on any atom is -0.493 e. The first kappa shape index (κ1) is 15.2. The molecule has 0 bridgehead atoms. The van der Waals surface area contributed by atoms with Crippen LogP contribution in [0.4, 0.5) is 0 Å². The van der Waals surface area contributed by atoms with Crippen LogP contribution in [0.3, 0.4) is 0 Å². The van der Waals surface area contributed by atoms with Crippen LogP contribution < -0.4 is 4.74 Å². The van der Waals surface area contributed by atoms with Crippen molar-refractivity contribution in [3.8, 4) is 5.75 Å². The van der Waals surface area contributed by atoms with Crippen LogP contribution in [0.5, 0.6) is 5.75 Å². The summed E-state index contributed by atoms with van der Waals surface area (Å²) in [5, 5.41) is 2.63. The Kier molecular flexibility index (Phi) is 5.78. The van der Waals surface area contributed by atoms with Gasteiger partial charge in [0.05, 0.1) is 6.61 Å². The Labute approximate surface area is 125 Å². The first-order chi connectivity index (χ1) is 9.81. The van der Waals surface area contributed by atoms with Crippen LogP contribution in [-0.2, 0) is 10.9 Å². The largest absolute Gasteiger partial charge is 0.493 e. The van der Waals surface area contributed by atoms with Gasteiger partial charge < -0.3 is 4.74 Å². The summed E-state index contributed by atoms with van der Waals surface area (Å²) in [5.41, 5.74) is 0. The molecule has 0 saturated carbocycles. The highest BCUT2D eigenvalue weighted by Gasteiger charge is 2.21. The normalized spacial score (nSPS) is 11.2. The van der Waals surface area contributed by atoms with Crippen molar-refractivity contribution in [2.24, 2.45) is 0 Å². The van der Waals surface area contributed by atoms with Gasteiger partial charge in [0.2, 0.25) is 0 Å². The van der Waals surface area contributed by atoms with E-state index >= 15 is 0 Å². The van der Waals surface area contributed by atoms with Gasteiger partial charge in [0.1, 0.15) is 17.3 Å². The summed E-state index contributed by atoms with van der Waals surface area (Å²) in [5.74, 6) is 3.47. The molecule has 0 aliphatic heterocycles. The van der Waals surface area contributed by atoms with Gasteiger partial charge in [-0.1, -0.05) is 31.5 Å². The van der Waals surface area contributed by atoms with E-state index in [0.29, 0.717) is 10.9 Å². The molecule has 0 radical (unpaired) electrons. The van der Waals surface area contributed by atoms with Crippen LogP contribution in [0.2, 0.25) is 0 Å². The lowest BCUT2D eigenvalue weighted by molar-refractivity contribution is 0.313. The molecule has 2 aromatic rings. The van der Waals surface area contributed by atoms with Crippen molar-refractivity contribution in [2.45, 2.75) is 38.5 Å². The Morgan fingerprint density at radius 1 is 0.900 bits per heavy atom. The van der Waals surface area contributed by atoms with Gasteiger partial charge in [-0.2, -0.15) is 0 Å². The van der Waals surface area contributed by atoms with Crippen molar-refractivity contribution in [2.75, 3.05) is 18.1 Å². The number of ether oxygens (including phenoxy) is 1. The summed E-state index contributed by atoms with van der Waals surface area (Å²) in [7, 11) is 0.352. The molecule has 0 unspecified atom stereocenters. The predicted octanol–water partition coefficient (Wildman–Crippen LogP) is 5.04. The molecule has 0 aromatic heterocycles. The third-order valence-corrected chi connectivity index (χ3v) is 5.98. The lowest BCUT2D eigenvalue weighted by Crippen LogP contribution is -2.09. The fraction of sp³-hybridized carbons (Fsp3) is 0.444. The fourth-order valence-electron chi connectivity index (χ4n) is 2.46. The molecule has 2 heteroatoms. The van der Waals surface area contributed by atoms with Crippen LogP contribution in [0, 0.1) is 0 Å². The molecule has 0 fully saturated rings. The van der Waals surface area contributed by atoms with Crippen LogP contribution >= 0.6 is 0 Å². The molecule has 0 aliphatic rings. The Morgan fingerprint density at radius 2 is 1.60 bits per heavy atom. The van der Waals surface area contributed by atoms with Gasteiger partial charge in [-0.3, -0.25) is 0 Å². The second kappa shape index (κ2) is 7.58. The fourth-order valence-corrected chi connectivity index (χ4v) is 4.24. The number of hydrogen-bond acceptors (Lipinski definition) is 1. The molecule has 0 spiro atoms. The third kappa shape index (κ3) is 3.29. The van der Waals surface area contributed by atoms with E-state index in [1.807, 2.05) is 0 Å². The zero-order chi connectivity index (χ0) is 14.4. The quantitative estimate of drug-likeness (QED) is 0.513. The Bertz CT molecular complexity index is 546. The summed E-state index contributed by atoms with van der Waals surface area (Å²) >= 11 is 0.